The van der Waals surface area contributed by atoms with Crippen molar-refractivity contribution in [2.75, 3.05) is 24.7 Å². The van der Waals surface area contributed by atoms with Crippen LogP contribution in [0.25, 0.3) is 0 Å². The molecule has 0 aliphatic carbocycles. The minimum atomic E-state index is -4.44. The number of nitrogens with zero attached hydrogens (tertiary/aromatic N) is 1. The largest absolute Gasteiger partial charge is 0.468 e. The third kappa shape index (κ3) is 6.84. The molecular formula is C17H19F3N4O3. The summed E-state index contributed by atoms with van der Waals surface area (Å²) in [5, 5.41) is 5.50. The Balaban J connectivity index is 0.00000176. The number of rotatable bonds is 6. The summed E-state index contributed by atoms with van der Waals surface area (Å²) in [5.41, 5.74) is 7.44. The van der Waals surface area contributed by atoms with Crippen LogP contribution in [0.15, 0.2) is 36.4 Å². The third-order valence-corrected chi connectivity index (χ3v) is 3.19. The van der Waals surface area contributed by atoms with Crippen molar-refractivity contribution < 1.29 is 27.5 Å². The zero-order chi connectivity index (χ0) is 20.4. The summed E-state index contributed by atoms with van der Waals surface area (Å²) in [6.45, 7) is 0.602. The summed E-state index contributed by atoms with van der Waals surface area (Å²) >= 11 is 0. The smallest absolute Gasteiger partial charge is 0.422 e. The highest BCUT2D eigenvalue weighted by Crippen LogP contribution is 2.22. The summed E-state index contributed by atoms with van der Waals surface area (Å²) in [6.07, 6.45) is -4.44. The maximum atomic E-state index is 12.3. The van der Waals surface area contributed by atoms with Crippen molar-refractivity contribution in [1.82, 2.24) is 10.3 Å². The summed E-state index contributed by atoms with van der Waals surface area (Å²) < 4.78 is 41.1. The first-order chi connectivity index (χ1) is 12.8. The molecule has 0 spiro atoms. The molecule has 0 fully saturated rings. The van der Waals surface area contributed by atoms with Crippen LogP contribution in [0.3, 0.4) is 0 Å². The predicted molar refractivity (Wildman–Crippen MR) is 94.5 cm³/mol. The number of aromatic nitrogens is 1. The number of hydrogen-bond donors (Lipinski definition) is 3. The highest BCUT2D eigenvalue weighted by atomic mass is 19.4. The number of carbonyl (C=O) groups is 2. The molecule has 1 heterocycles. The van der Waals surface area contributed by atoms with E-state index in [2.05, 4.69) is 20.4 Å². The molecule has 146 valence electrons. The van der Waals surface area contributed by atoms with Gasteiger partial charge in [0.15, 0.2) is 6.61 Å². The number of benzene rings is 1. The van der Waals surface area contributed by atoms with Gasteiger partial charge in [-0.25, -0.2) is 4.98 Å². The number of anilines is 2. The minimum absolute atomic E-state index is 0.0278. The topological polar surface area (TPSA) is 106 Å². The molecule has 4 N–H and O–H groups in total. The summed E-state index contributed by atoms with van der Waals surface area (Å²) in [6, 6.07) is 9.29. The van der Waals surface area contributed by atoms with Gasteiger partial charge in [-0.2, -0.15) is 13.2 Å². The Bertz CT molecular complexity index is 769. The standard InChI is InChI=1S/C16H17F3N4O2.CH2O/c1-21-14-11(5-3-6-12(14)20)15(24)22-8-10-4-2-7-13(23-10)25-9-16(17,18)19;1-2/h2-7,21H,8-9,20H2,1H3,(H,22,24);1H2. The number of halogens is 3. The molecule has 1 aromatic carbocycles. The highest BCUT2D eigenvalue weighted by molar-refractivity contribution is 6.02. The summed E-state index contributed by atoms with van der Waals surface area (Å²) in [7, 11) is 1.64. The van der Waals surface area contributed by atoms with Gasteiger partial charge in [0, 0.05) is 13.1 Å². The van der Waals surface area contributed by atoms with E-state index in [0.717, 1.165) is 0 Å². The number of pyridine rings is 1. The Hall–Kier alpha value is -3.30. The highest BCUT2D eigenvalue weighted by Gasteiger charge is 2.28. The van der Waals surface area contributed by atoms with Gasteiger partial charge in [0.05, 0.1) is 29.2 Å². The maximum Gasteiger partial charge on any atom is 0.422 e. The molecule has 1 amide bonds. The van der Waals surface area contributed by atoms with Crippen LogP contribution in [-0.4, -0.2) is 37.5 Å². The first kappa shape index (κ1) is 21.7. The lowest BCUT2D eigenvalue weighted by molar-refractivity contribution is -0.154. The van der Waals surface area contributed by atoms with Crippen LogP contribution in [0.2, 0.25) is 0 Å². The number of carbonyl (C=O) groups excluding carboxylic acids is 2. The van der Waals surface area contributed by atoms with Gasteiger partial charge in [-0.3, -0.25) is 4.79 Å². The van der Waals surface area contributed by atoms with Crippen LogP contribution in [0.4, 0.5) is 24.5 Å². The Labute approximate surface area is 153 Å². The van der Waals surface area contributed by atoms with Crippen molar-refractivity contribution in [2.24, 2.45) is 0 Å². The van der Waals surface area contributed by atoms with Crippen molar-refractivity contribution in [3.05, 3.63) is 47.7 Å². The van der Waals surface area contributed by atoms with Crippen molar-refractivity contribution in [3.63, 3.8) is 0 Å². The predicted octanol–water partition coefficient (Wildman–Crippen LogP) is 2.39. The Morgan fingerprint density at radius 1 is 1.22 bits per heavy atom. The lowest BCUT2D eigenvalue weighted by atomic mass is 10.1. The van der Waals surface area contributed by atoms with Crippen LogP contribution in [0.1, 0.15) is 16.1 Å². The molecule has 0 aliphatic rings. The zero-order valence-electron chi connectivity index (χ0n) is 14.5. The molecule has 10 heteroatoms. The molecule has 27 heavy (non-hydrogen) atoms. The fraction of sp³-hybridized carbons (Fsp3) is 0.235. The molecular weight excluding hydrogens is 365 g/mol. The second-order valence-corrected chi connectivity index (χ2v) is 5.07. The van der Waals surface area contributed by atoms with Gasteiger partial charge in [0.25, 0.3) is 5.91 Å². The minimum Gasteiger partial charge on any atom is -0.468 e. The first-order valence-electron chi connectivity index (χ1n) is 7.59. The third-order valence-electron chi connectivity index (χ3n) is 3.19. The number of nitrogens with two attached hydrogens (primary N) is 1. The van der Waals surface area contributed by atoms with Gasteiger partial charge in [-0.1, -0.05) is 12.1 Å². The summed E-state index contributed by atoms with van der Waals surface area (Å²) in [4.78, 5) is 24.2. The number of para-hydroxylation sites is 1. The molecule has 0 bridgehead atoms. The lowest BCUT2D eigenvalue weighted by Crippen LogP contribution is -2.25. The molecule has 2 rings (SSSR count). The number of alkyl halides is 3. The van der Waals surface area contributed by atoms with Crippen LogP contribution in [-0.2, 0) is 11.3 Å². The summed E-state index contributed by atoms with van der Waals surface area (Å²) in [5.74, 6) is -0.552. The number of ether oxygens (including phenoxy) is 1. The SMILES string of the molecule is C=O.CNc1c(N)cccc1C(=O)NCc1cccc(OCC(F)(F)F)n1. The van der Waals surface area contributed by atoms with E-state index in [1.165, 1.54) is 12.1 Å². The van der Waals surface area contributed by atoms with Crippen LogP contribution < -0.4 is 21.1 Å². The van der Waals surface area contributed by atoms with Gasteiger partial charge in [-0.15, -0.1) is 0 Å². The van der Waals surface area contributed by atoms with E-state index >= 15 is 0 Å². The molecule has 1 aromatic heterocycles. The van der Waals surface area contributed by atoms with E-state index in [9.17, 15) is 18.0 Å². The number of nitrogens with one attached hydrogen (secondary N) is 2. The Morgan fingerprint density at radius 3 is 2.52 bits per heavy atom. The van der Waals surface area contributed by atoms with Gasteiger partial charge < -0.3 is 25.9 Å². The van der Waals surface area contributed by atoms with E-state index in [1.54, 1.807) is 31.3 Å². The molecule has 0 unspecified atom stereocenters. The van der Waals surface area contributed by atoms with Crippen molar-refractivity contribution in [1.29, 1.82) is 0 Å². The van der Waals surface area contributed by atoms with Crippen LogP contribution in [0.5, 0.6) is 5.88 Å². The molecule has 0 atom stereocenters. The maximum absolute atomic E-state index is 12.3. The van der Waals surface area contributed by atoms with Gasteiger partial charge in [-0.05, 0) is 18.2 Å². The molecule has 0 aliphatic heterocycles. The van der Waals surface area contributed by atoms with Crippen molar-refractivity contribution in [2.45, 2.75) is 12.7 Å². The molecule has 0 saturated carbocycles. The molecule has 7 nitrogen and oxygen atoms in total. The second-order valence-electron chi connectivity index (χ2n) is 5.07. The zero-order valence-corrected chi connectivity index (χ0v) is 14.5. The molecule has 0 saturated heterocycles. The van der Waals surface area contributed by atoms with E-state index < -0.39 is 12.8 Å². The van der Waals surface area contributed by atoms with E-state index in [-0.39, 0.29) is 18.3 Å². The van der Waals surface area contributed by atoms with Gasteiger partial charge in [0.2, 0.25) is 5.88 Å². The number of amides is 1. The number of hydrogen-bond acceptors (Lipinski definition) is 6. The normalized spacial score (nSPS) is 10.4. The fourth-order valence-electron chi connectivity index (χ4n) is 2.10. The average Bonchev–Trinajstić information content (AvgIpc) is 2.65. The quantitative estimate of drug-likeness (QED) is 0.661. The lowest BCUT2D eigenvalue weighted by Gasteiger charge is -2.12. The molecule has 2 aromatic rings. The van der Waals surface area contributed by atoms with E-state index in [1.807, 2.05) is 6.79 Å². The fourth-order valence-corrected chi connectivity index (χ4v) is 2.10. The molecule has 0 radical (unpaired) electrons. The monoisotopic (exact) mass is 384 g/mol. The van der Waals surface area contributed by atoms with E-state index in [0.29, 0.717) is 22.6 Å². The van der Waals surface area contributed by atoms with E-state index in [4.69, 9.17) is 10.5 Å². The number of nitrogen functional groups attached to an aromatic ring is 1. The van der Waals surface area contributed by atoms with Gasteiger partial charge in [0.1, 0.15) is 6.79 Å². The van der Waals surface area contributed by atoms with Gasteiger partial charge >= 0.3 is 6.18 Å². The Kier molecular flexibility index (Phi) is 8.05. The van der Waals surface area contributed by atoms with Crippen LogP contribution in [0, 0.1) is 0 Å². The second kappa shape index (κ2) is 10.00. The van der Waals surface area contributed by atoms with Crippen molar-refractivity contribution in [3.8, 4) is 5.88 Å². The average molecular weight is 384 g/mol. The first-order valence-corrected chi connectivity index (χ1v) is 7.59. The van der Waals surface area contributed by atoms with Crippen molar-refractivity contribution >= 4 is 24.1 Å². The Morgan fingerprint density at radius 2 is 1.89 bits per heavy atom. The van der Waals surface area contributed by atoms with Crippen LogP contribution >= 0.6 is 0 Å².